The molecule has 0 aliphatic carbocycles. The van der Waals surface area contributed by atoms with E-state index in [9.17, 15) is 13.5 Å². The lowest BCUT2D eigenvalue weighted by Gasteiger charge is -2.38. The van der Waals surface area contributed by atoms with Crippen LogP contribution in [-0.4, -0.2) is 38.1 Å². The lowest BCUT2D eigenvalue weighted by atomic mass is 9.98. The summed E-state index contributed by atoms with van der Waals surface area (Å²) in [7, 11) is -1.51. The number of likely N-dealkylation sites (N-methyl/N-ethyl adjacent to an activating group) is 1. The van der Waals surface area contributed by atoms with Crippen LogP contribution >= 0.6 is 0 Å². The number of hydrogen-bond acceptors (Lipinski definition) is 6. The molecule has 0 radical (unpaired) electrons. The topological polar surface area (TPSA) is 88.1 Å². The van der Waals surface area contributed by atoms with Crippen LogP contribution in [0, 0.1) is 0 Å². The van der Waals surface area contributed by atoms with E-state index in [4.69, 9.17) is 9.47 Å². The summed E-state index contributed by atoms with van der Waals surface area (Å²) in [5, 5.41) is 9.55. The van der Waals surface area contributed by atoms with Gasteiger partial charge in [0.05, 0.1) is 23.7 Å². The van der Waals surface area contributed by atoms with Gasteiger partial charge >= 0.3 is 0 Å². The molecule has 6 rings (SSSR count). The minimum Gasteiger partial charge on any atom is -0.392 e. The van der Waals surface area contributed by atoms with Gasteiger partial charge in [0.1, 0.15) is 0 Å². The van der Waals surface area contributed by atoms with Gasteiger partial charge in [-0.15, -0.1) is 0 Å². The summed E-state index contributed by atoms with van der Waals surface area (Å²) in [5.74, 6) is 0. The zero-order valence-corrected chi connectivity index (χ0v) is 27.2. The highest BCUT2D eigenvalue weighted by atomic mass is 32.2. The minimum atomic E-state index is -3.62. The molecule has 0 spiro atoms. The summed E-state index contributed by atoms with van der Waals surface area (Å²) < 4.78 is 41.5. The highest BCUT2D eigenvalue weighted by Gasteiger charge is 2.33. The lowest BCUT2D eigenvalue weighted by molar-refractivity contribution is -0.252. The van der Waals surface area contributed by atoms with Crippen molar-refractivity contribution >= 4 is 10.0 Å². The zero-order valence-electron chi connectivity index (χ0n) is 26.4. The van der Waals surface area contributed by atoms with Gasteiger partial charge in [-0.25, -0.2) is 13.1 Å². The monoisotopic (exact) mass is 648 g/mol. The number of ether oxygens (including phenoxy) is 2. The van der Waals surface area contributed by atoms with Gasteiger partial charge in [-0.1, -0.05) is 109 Å². The molecule has 8 heteroatoms. The van der Waals surface area contributed by atoms with E-state index in [1.807, 2.05) is 72.8 Å². The maximum atomic E-state index is 12.8. The average Bonchev–Trinajstić information content (AvgIpc) is 3.11. The molecule has 7 nitrogen and oxygen atoms in total. The van der Waals surface area contributed by atoms with Crippen LogP contribution in [0.25, 0.3) is 11.1 Å². The second-order valence-electron chi connectivity index (χ2n) is 12.0. The summed E-state index contributed by atoms with van der Waals surface area (Å²) in [4.78, 5) is 2.52. The van der Waals surface area contributed by atoms with Crippen LogP contribution in [0.5, 0.6) is 0 Å². The predicted molar refractivity (Wildman–Crippen MR) is 184 cm³/mol. The van der Waals surface area contributed by atoms with Crippen LogP contribution in [0.15, 0.2) is 138 Å². The highest BCUT2D eigenvalue weighted by Crippen LogP contribution is 2.39. The summed E-state index contributed by atoms with van der Waals surface area (Å²) in [6.45, 7) is 1.72. The van der Waals surface area contributed by atoms with Crippen LogP contribution in [0.1, 0.15) is 46.6 Å². The number of nitrogens with one attached hydrogen (secondary N) is 1. The van der Waals surface area contributed by atoms with Crippen molar-refractivity contribution in [2.75, 3.05) is 13.6 Å². The quantitative estimate of drug-likeness (QED) is 0.152. The Morgan fingerprint density at radius 3 is 2.11 bits per heavy atom. The molecule has 1 saturated heterocycles. The third kappa shape index (κ3) is 8.61. The van der Waals surface area contributed by atoms with Crippen molar-refractivity contribution in [3.05, 3.63) is 161 Å². The number of rotatable bonds is 12. The standard InChI is InChI=1S/C39H40N2O5S/c1-41(26-29-10-4-2-5-11-29)27-36-24-38(32-20-18-30(28-42)19-21-32)46-39(45-36)35-15-9-14-34(23-35)33-13-8-12-31(22-33)25-40-47(43,44)37-16-6-3-7-17-37/h2-23,36,38-40,42H,24-28H2,1H3/t36-,38+,39+/m1/s1. The van der Waals surface area contributed by atoms with Crippen molar-refractivity contribution in [1.29, 1.82) is 0 Å². The molecule has 0 bridgehead atoms. The average molecular weight is 649 g/mol. The molecule has 0 amide bonds. The fraction of sp³-hybridized carbons (Fsp3) is 0.231. The third-order valence-electron chi connectivity index (χ3n) is 8.36. The molecular formula is C39H40N2O5S. The molecule has 0 saturated carbocycles. The van der Waals surface area contributed by atoms with Crippen molar-refractivity contribution in [1.82, 2.24) is 9.62 Å². The van der Waals surface area contributed by atoms with Crippen molar-refractivity contribution < 1.29 is 23.0 Å². The van der Waals surface area contributed by atoms with E-state index in [0.29, 0.717) is 6.42 Å². The maximum absolute atomic E-state index is 12.8. The van der Waals surface area contributed by atoms with Gasteiger partial charge in [0, 0.05) is 31.6 Å². The van der Waals surface area contributed by atoms with Crippen molar-refractivity contribution in [2.45, 2.75) is 49.5 Å². The van der Waals surface area contributed by atoms with Gasteiger partial charge in [0.25, 0.3) is 0 Å². The normalized spacial score (nSPS) is 18.3. The molecule has 1 aliphatic rings. The first-order chi connectivity index (χ1) is 22.9. The molecule has 242 valence electrons. The molecule has 3 atom stereocenters. The molecule has 2 N–H and O–H groups in total. The fourth-order valence-electron chi connectivity index (χ4n) is 5.93. The van der Waals surface area contributed by atoms with Gasteiger partial charge in [0.2, 0.25) is 10.0 Å². The third-order valence-corrected chi connectivity index (χ3v) is 9.78. The van der Waals surface area contributed by atoms with Crippen LogP contribution in [0.4, 0.5) is 0 Å². The highest BCUT2D eigenvalue weighted by molar-refractivity contribution is 7.89. The molecule has 0 unspecified atom stereocenters. The van der Waals surface area contributed by atoms with E-state index in [2.05, 4.69) is 47.0 Å². The SMILES string of the molecule is CN(Cc1ccccc1)C[C@H]1C[C@@H](c2ccc(CO)cc2)O[C@@H](c2cccc(-c3cccc(CNS(=O)(=O)c4ccccc4)c3)c2)O1. The predicted octanol–water partition coefficient (Wildman–Crippen LogP) is 7.00. The summed E-state index contributed by atoms with van der Waals surface area (Å²) in [5.41, 5.74) is 6.87. The Kier molecular flexibility index (Phi) is 10.6. The van der Waals surface area contributed by atoms with Gasteiger partial charge in [0.15, 0.2) is 6.29 Å². The largest absolute Gasteiger partial charge is 0.392 e. The van der Waals surface area contributed by atoms with Crippen LogP contribution in [-0.2, 0) is 39.2 Å². The Bertz CT molecular complexity index is 1850. The van der Waals surface area contributed by atoms with Gasteiger partial charge in [-0.3, -0.25) is 4.90 Å². The van der Waals surface area contributed by atoms with E-state index >= 15 is 0 Å². The minimum absolute atomic E-state index is 0.00264. The number of nitrogens with zero attached hydrogens (tertiary/aromatic N) is 1. The lowest BCUT2D eigenvalue weighted by Crippen LogP contribution is -2.37. The number of aliphatic hydroxyl groups is 1. The second kappa shape index (κ2) is 15.2. The molecular weight excluding hydrogens is 609 g/mol. The van der Waals surface area contributed by atoms with Crippen LogP contribution in [0.2, 0.25) is 0 Å². The summed E-state index contributed by atoms with van der Waals surface area (Å²) in [6, 6.07) is 42.7. The number of hydrogen-bond donors (Lipinski definition) is 2. The molecule has 47 heavy (non-hydrogen) atoms. The molecule has 1 heterocycles. The van der Waals surface area contributed by atoms with Crippen molar-refractivity contribution in [3.8, 4) is 11.1 Å². The molecule has 1 fully saturated rings. The Morgan fingerprint density at radius 2 is 1.38 bits per heavy atom. The van der Waals surface area contributed by atoms with E-state index in [0.717, 1.165) is 46.5 Å². The van der Waals surface area contributed by atoms with Gasteiger partial charge in [-0.2, -0.15) is 0 Å². The first-order valence-corrected chi connectivity index (χ1v) is 17.3. The molecule has 0 aromatic heterocycles. The van der Waals surface area contributed by atoms with E-state index in [-0.39, 0.29) is 30.3 Å². The number of aliphatic hydroxyl groups excluding tert-OH is 1. The Morgan fingerprint density at radius 1 is 0.723 bits per heavy atom. The molecule has 1 aliphatic heterocycles. The number of sulfonamides is 1. The first kappa shape index (κ1) is 32.8. The van der Waals surface area contributed by atoms with Crippen LogP contribution < -0.4 is 4.72 Å². The number of benzene rings is 5. The Balaban J connectivity index is 1.20. The van der Waals surface area contributed by atoms with Gasteiger partial charge < -0.3 is 14.6 Å². The van der Waals surface area contributed by atoms with Crippen molar-refractivity contribution in [2.24, 2.45) is 0 Å². The maximum Gasteiger partial charge on any atom is 0.240 e. The van der Waals surface area contributed by atoms with E-state index in [1.54, 1.807) is 30.3 Å². The smallest absolute Gasteiger partial charge is 0.240 e. The van der Waals surface area contributed by atoms with Crippen molar-refractivity contribution in [3.63, 3.8) is 0 Å². The van der Waals surface area contributed by atoms with Gasteiger partial charge in [-0.05, 0) is 64.7 Å². The summed E-state index contributed by atoms with van der Waals surface area (Å²) in [6.07, 6.45) is -0.132. The van der Waals surface area contributed by atoms with E-state index < -0.39 is 16.3 Å². The van der Waals surface area contributed by atoms with E-state index in [1.165, 1.54) is 5.56 Å². The fourth-order valence-corrected chi connectivity index (χ4v) is 6.97. The summed E-state index contributed by atoms with van der Waals surface area (Å²) >= 11 is 0. The Hall–Kier alpha value is -4.15. The van der Waals surface area contributed by atoms with Crippen LogP contribution in [0.3, 0.4) is 0 Å². The molecule has 5 aromatic carbocycles. The first-order valence-electron chi connectivity index (χ1n) is 15.8. The second-order valence-corrected chi connectivity index (χ2v) is 13.8. The zero-order chi connectivity index (χ0) is 32.6. The Labute approximate surface area is 277 Å². The molecule has 5 aromatic rings.